The van der Waals surface area contributed by atoms with Crippen molar-refractivity contribution in [2.45, 2.75) is 54.3 Å². The summed E-state index contributed by atoms with van der Waals surface area (Å²) in [5, 5.41) is 1.25. The molecule has 0 aromatic rings. The fourth-order valence-corrected chi connectivity index (χ4v) is 5.74. The van der Waals surface area contributed by atoms with E-state index in [1.54, 1.807) is 0 Å². The van der Waals surface area contributed by atoms with Crippen LogP contribution in [0.5, 0.6) is 0 Å². The summed E-state index contributed by atoms with van der Waals surface area (Å²) in [6, 6.07) is 0. The fourth-order valence-electron chi connectivity index (χ4n) is 2.66. The van der Waals surface area contributed by atoms with Crippen molar-refractivity contribution < 1.29 is 0 Å². The van der Waals surface area contributed by atoms with Crippen LogP contribution in [0.15, 0.2) is 0 Å². The topological polar surface area (TPSA) is 0 Å². The molecule has 22 heavy (non-hydrogen) atoms. The molecule has 0 spiro atoms. The monoisotopic (exact) mass is 436 g/mol. The number of rotatable bonds is 14. The standard InChI is InChI=1S/C15H32S7/c16-3-1-13(20)5-11(9-18)7-15(22)8-12(10-19)6-14(21)2-4-17/h11-22H,1-10H2. The lowest BCUT2D eigenvalue weighted by Gasteiger charge is -2.25. The first kappa shape index (κ1) is 24.5. The lowest BCUT2D eigenvalue weighted by atomic mass is 9.92. The average molecular weight is 437 g/mol. The third-order valence-corrected chi connectivity index (χ3v) is 6.77. The van der Waals surface area contributed by atoms with E-state index in [1.165, 1.54) is 0 Å². The highest BCUT2D eigenvalue weighted by Gasteiger charge is 2.20. The maximum absolute atomic E-state index is 4.82. The highest BCUT2D eigenvalue weighted by Crippen LogP contribution is 2.28. The Kier molecular flexibility index (Phi) is 17.4. The Labute approximate surface area is 176 Å². The zero-order chi connectivity index (χ0) is 17.0. The van der Waals surface area contributed by atoms with Crippen molar-refractivity contribution in [3.05, 3.63) is 0 Å². The molecule has 134 valence electrons. The van der Waals surface area contributed by atoms with Crippen LogP contribution in [0.2, 0.25) is 0 Å². The first-order chi connectivity index (χ1) is 10.5. The zero-order valence-corrected chi connectivity index (χ0v) is 19.3. The van der Waals surface area contributed by atoms with Gasteiger partial charge >= 0.3 is 0 Å². The number of thiol groups is 7. The molecule has 0 aromatic heterocycles. The third kappa shape index (κ3) is 12.8. The third-order valence-electron chi connectivity index (χ3n) is 3.86. The van der Waals surface area contributed by atoms with E-state index in [0.717, 1.165) is 61.5 Å². The van der Waals surface area contributed by atoms with Crippen LogP contribution in [-0.4, -0.2) is 38.8 Å². The van der Waals surface area contributed by atoms with E-state index in [2.05, 4.69) is 75.8 Å². The Morgan fingerprint density at radius 2 is 0.818 bits per heavy atom. The molecule has 4 unspecified atom stereocenters. The van der Waals surface area contributed by atoms with Crippen LogP contribution in [0.3, 0.4) is 0 Å². The van der Waals surface area contributed by atoms with Crippen molar-refractivity contribution in [1.29, 1.82) is 0 Å². The van der Waals surface area contributed by atoms with E-state index < -0.39 is 0 Å². The summed E-state index contributed by atoms with van der Waals surface area (Å²) in [7, 11) is 0. The van der Waals surface area contributed by atoms with Gasteiger partial charge in [-0.2, -0.15) is 88.4 Å². The van der Waals surface area contributed by atoms with Crippen molar-refractivity contribution in [3.63, 3.8) is 0 Å². The van der Waals surface area contributed by atoms with E-state index >= 15 is 0 Å². The summed E-state index contributed by atoms with van der Waals surface area (Å²) in [5.41, 5.74) is 0. The minimum atomic E-state index is 0.405. The average Bonchev–Trinajstić information content (AvgIpc) is 2.46. The maximum Gasteiger partial charge on any atom is 0.00275 e. The Balaban J connectivity index is 4.21. The molecule has 0 aliphatic heterocycles. The van der Waals surface area contributed by atoms with Crippen molar-refractivity contribution in [3.8, 4) is 0 Å². The predicted molar refractivity (Wildman–Crippen MR) is 128 cm³/mol. The Hall–Kier alpha value is 2.45. The van der Waals surface area contributed by atoms with Crippen LogP contribution < -0.4 is 0 Å². The molecular weight excluding hydrogens is 405 g/mol. The van der Waals surface area contributed by atoms with Gasteiger partial charge in [-0.05, 0) is 73.4 Å². The molecular formula is C15H32S7. The van der Waals surface area contributed by atoms with E-state index in [0.29, 0.717) is 27.6 Å². The fraction of sp³-hybridized carbons (Fsp3) is 1.00. The maximum atomic E-state index is 4.82. The summed E-state index contributed by atoms with van der Waals surface area (Å²) in [6.45, 7) is 0. The largest absolute Gasteiger partial charge is 0.179 e. The van der Waals surface area contributed by atoms with Crippen molar-refractivity contribution in [2.24, 2.45) is 11.8 Å². The molecule has 0 saturated carbocycles. The van der Waals surface area contributed by atoms with E-state index in [4.69, 9.17) is 12.6 Å². The molecule has 0 radical (unpaired) electrons. The summed E-state index contributed by atoms with van der Waals surface area (Å²) in [6.07, 6.45) is 6.51. The lowest BCUT2D eigenvalue weighted by molar-refractivity contribution is 0.422. The van der Waals surface area contributed by atoms with Crippen molar-refractivity contribution in [1.82, 2.24) is 0 Å². The van der Waals surface area contributed by atoms with E-state index in [9.17, 15) is 0 Å². The van der Waals surface area contributed by atoms with Crippen LogP contribution in [-0.2, 0) is 0 Å². The number of hydrogen-bond acceptors (Lipinski definition) is 7. The van der Waals surface area contributed by atoms with Gasteiger partial charge < -0.3 is 0 Å². The normalized spacial score (nSPS) is 18.7. The Bertz CT molecular complexity index is 228. The van der Waals surface area contributed by atoms with Crippen molar-refractivity contribution in [2.75, 3.05) is 23.0 Å². The molecule has 0 heterocycles. The SMILES string of the molecule is SCCC(S)CC(CS)CC(S)CC(CS)CC(S)CCS. The van der Waals surface area contributed by atoms with Crippen LogP contribution in [0.4, 0.5) is 0 Å². The minimum Gasteiger partial charge on any atom is -0.179 e. The molecule has 0 fully saturated rings. The molecule has 0 aliphatic rings. The van der Waals surface area contributed by atoms with Gasteiger partial charge in [0, 0.05) is 15.7 Å². The first-order valence-electron chi connectivity index (χ1n) is 7.94. The van der Waals surface area contributed by atoms with Gasteiger partial charge in [-0.1, -0.05) is 0 Å². The molecule has 0 aromatic carbocycles. The molecule has 4 atom stereocenters. The minimum absolute atomic E-state index is 0.405. The lowest BCUT2D eigenvalue weighted by Crippen LogP contribution is -2.20. The second kappa shape index (κ2) is 15.7. The zero-order valence-electron chi connectivity index (χ0n) is 13.1. The molecule has 0 N–H and O–H groups in total. The predicted octanol–water partition coefficient (Wildman–Crippen LogP) is 5.17. The van der Waals surface area contributed by atoms with Crippen LogP contribution >= 0.6 is 88.4 Å². The summed E-state index contributed by atoms with van der Waals surface area (Å²) in [5.74, 6) is 4.76. The Morgan fingerprint density at radius 1 is 0.500 bits per heavy atom. The number of hydrogen-bond donors (Lipinski definition) is 7. The molecule has 0 rings (SSSR count). The molecule has 0 amide bonds. The second-order valence-corrected chi connectivity index (χ2v) is 9.84. The molecule has 0 saturated heterocycles. The van der Waals surface area contributed by atoms with Crippen molar-refractivity contribution >= 4 is 88.4 Å². The second-order valence-electron chi connectivity index (χ2n) is 6.03. The summed E-state index contributed by atoms with van der Waals surface area (Å²) in [4.78, 5) is 0. The van der Waals surface area contributed by atoms with Crippen LogP contribution in [0.25, 0.3) is 0 Å². The Morgan fingerprint density at radius 3 is 1.09 bits per heavy atom. The van der Waals surface area contributed by atoms with Gasteiger partial charge in [0.25, 0.3) is 0 Å². The van der Waals surface area contributed by atoms with E-state index in [-0.39, 0.29) is 0 Å². The first-order valence-corrected chi connectivity index (χ1v) is 12.0. The quantitative estimate of drug-likeness (QED) is 0.179. The molecule has 0 bridgehead atoms. The van der Waals surface area contributed by atoms with Crippen LogP contribution in [0, 0.1) is 11.8 Å². The molecule has 0 nitrogen and oxygen atoms in total. The van der Waals surface area contributed by atoms with Gasteiger partial charge in [0.2, 0.25) is 0 Å². The molecule has 7 heteroatoms. The highest BCUT2D eigenvalue weighted by atomic mass is 32.1. The molecule has 0 aliphatic carbocycles. The van der Waals surface area contributed by atoms with Gasteiger partial charge in [-0.15, -0.1) is 0 Å². The van der Waals surface area contributed by atoms with Gasteiger partial charge in [-0.3, -0.25) is 0 Å². The summed E-state index contributed by atoms with van der Waals surface area (Å²) < 4.78 is 0. The van der Waals surface area contributed by atoms with Crippen LogP contribution in [0.1, 0.15) is 38.5 Å². The van der Waals surface area contributed by atoms with Gasteiger partial charge in [0.05, 0.1) is 0 Å². The van der Waals surface area contributed by atoms with Gasteiger partial charge in [0.15, 0.2) is 0 Å². The summed E-state index contributed by atoms with van der Waals surface area (Å²) >= 11 is 31.7. The van der Waals surface area contributed by atoms with Gasteiger partial charge in [0.1, 0.15) is 0 Å². The van der Waals surface area contributed by atoms with Gasteiger partial charge in [-0.25, -0.2) is 0 Å². The smallest absolute Gasteiger partial charge is 0.00275 e. The van der Waals surface area contributed by atoms with E-state index in [1.807, 2.05) is 0 Å². The highest BCUT2D eigenvalue weighted by molar-refractivity contribution is 7.82.